The Morgan fingerprint density at radius 2 is 1.28 bits per heavy atom. The highest BCUT2D eigenvalue weighted by Gasteiger charge is 2.46. The molecule has 32 heavy (non-hydrogen) atoms. The van der Waals surface area contributed by atoms with Gasteiger partial charge in [-0.15, -0.1) is 0 Å². The van der Waals surface area contributed by atoms with Crippen molar-refractivity contribution < 1.29 is 0 Å². The summed E-state index contributed by atoms with van der Waals surface area (Å²) in [4.78, 5) is 8.07. The fourth-order valence-corrected chi connectivity index (χ4v) is 5.76. The van der Waals surface area contributed by atoms with E-state index in [-0.39, 0.29) is 5.41 Å². The first-order valence-electron chi connectivity index (χ1n) is 11.0. The molecule has 1 unspecified atom stereocenters. The first kappa shape index (κ1) is 17.5. The fraction of sp³-hybridized carbons (Fsp3) is 0.0333. The largest absolute Gasteiger partial charge is 0.354 e. The van der Waals surface area contributed by atoms with E-state index in [1.165, 1.54) is 55.2 Å². The van der Waals surface area contributed by atoms with Crippen LogP contribution in [0.15, 0.2) is 116 Å². The Kier molecular flexibility index (Phi) is 3.51. The van der Waals surface area contributed by atoms with E-state index in [9.17, 15) is 0 Å². The lowest BCUT2D eigenvalue weighted by Crippen LogP contribution is -2.28. The maximum atomic E-state index is 4.33. The van der Waals surface area contributed by atoms with E-state index in [1.54, 1.807) is 0 Å². The number of benzene rings is 4. The van der Waals surface area contributed by atoms with Crippen LogP contribution >= 0.6 is 0 Å². The van der Waals surface area contributed by atoms with Gasteiger partial charge in [-0.2, -0.15) is 0 Å². The monoisotopic (exact) mass is 408 g/mol. The Labute approximate surface area is 186 Å². The van der Waals surface area contributed by atoms with Gasteiger partial charge in [0.05, 0.1) is 10.9 Å². The van der Waals surface area contributed by atoms with Gasteiger partial charge in [-0.25, -0.2) is 0 Å². The molecule has 0 saturated carbocycles. The van der Waals surface area contributed by atoms with Crippen LogP contribution in [-0.4, -0.2) is 9.97 Å². The minimum atomic E-state index is -0.387. The first-order chi connectivity index (χ1) is 15.9. The number of nitrogens with one attached hydrogen (secondary N) is 1. The molecule has 0 amide bonds. The Hall–Kier alpha value is -4.17. The second-order valence-corrected chi connectivity index (χ2v) is 8.48. The van der Waals surface area contributed by atoms with Crippen LogP contribution < -0.4 is 0 Å². The summed E-state index contributed by atoms with van der Waals surface area (Å²) in [7, 11) is 0. The normalized spacial score (nSPS) is 16.9. The third-order valence-electron chi connectivity index (χ3n) is 7.01. The maximum absolute atomic E-state index is 4.33. The van der Waals surface area contributed by atoms with Crippen molar-refractivity contribution in [3.05, 3.63) is 138 Å². The highest BCUT2D eigenvalue weighted by atomic mass is 14.7. The van der Waals surface area contributed by atoms with Gasteiger partial charge in [-0.3, -0.25) is 4.98 Å². The van der Waals surface area contributed by atoms with E-state index >= 15 is 0 Å². The molecule has 2 heteroatoms. The number of aromatic nitrogens is 2. The molecule has 0 saturated heterocycles. The molecule has 150 valence electrons. The molecule has 1 N–H and O–H groups in total. The van der Waals surface area contributed by atoms with E-state index in [1.807, 2.05) is 12.4 Å². The number of H-pyrrole nitrogens is 1. The molecule has 2 aromatic heterocycles. The van der Waals surface area contributed by atoms with Crippen molar-refractivity contribution in [2.24, 2.45) is 0 Å². The van der Waals surface area contributed by atoms with E-state index < -0.39 is 0 Å². The molecule has 6 aromatic rings. The summed E-state index contributed by atoms with van der Waals surface area (Å²) in [6.45, 7) is 0. The van der Waals surface area contributed by atoms with E-state index in [0.717, 1.165) is 0 Å². The number of para-hydroxylation sites is 1. The number of fused-ring (bicyclic) bond motifs is 7. The van der Waals surface area contributed by atoms with Crippen LogP contribution in [0, 0.1) is 0 Å². The number of hydrogen-bond donors (Lipinski definition) is 1. The molecular weight excluding hydrogens is 388 g/mol. The van der Waals surface area contributed by atoms with Gasteiger partial charge in [0, 0.05) is 34.2 Å². The topological polar surface area (TPSA) is 28.7 Å². The molecule has 0 bridgehead atoms. The Balaban J connectivity index is 1.71. The summed E-state index contributed by atoms with van der Waals surface area (Å²) in [6, 6.07) is 37.3. The molecule has 4 aromatic carbocycles. The van der Waals surface area contributed by atoms with Crippen molar-refractivity contribution in [2.75, 3.05) is 0 Å². The van der Waals surface area contributed by atoms with Crippen molar-refractivity contribution in [1.29, 1.82) is 0 Å². The highest BCUT2D eigenvalue weighted by molar-refractivity contribution is 6.14. The summed E-state index contributed by atoms with van der Waals surface area (Å²) in [5.41, 5.74) is 9.73. The van der Waals surface area contributed by atoms with Gasteiger partial charge < -0.3 is 4.98 Å². The standard InChI is InChI=1S/C30H20N2/c1-2-8-20(9-3-1)30(21-16-18-31-19-17-21)25-12-6-4-11-24(25)28-26(30)15-14-23-22-10-5-7-13-27(22)32-29(23)28/h1-19,32H. The van der Waals surface area contributed by atoms with Crippen molar-refractivity contribution in [3.63, 3.8) is 0 Å². The van der Waals surface area contributed by atoms with Gasteiger partial charge in [0.15, 0.2) is 0 Å². The van der Waals surface area contributed by atoms with Crippen LogP contribution in [0.5, 0.6) is 0 Å². The highest BCUT2D eigenvalue weighted by Crippen LogP contribution is 2.57. The molecule has 1 atom stereocenters. The van der Waals surface area contributed by atoms with Gasteiger partial charge in [0.1, 0.15) is 0 Å². The fourth-order valence-electron chi connectivity index (χ4n) is 5.76. The van der Waals surface area contributed by atoms with Gasteiger partial charge in [0.2, 0.25) is 0 Å². The lowest BCUT2D eigenvalue weighted by atomic mass is 9.68. The number of nitrogens with zero attached hydrogens (tertiary/aromatic N) is 1. The smallest absolute Gasteiger partial charge is 0.0715 e. The molecule has 0 fully saturated rings. The third kappa shape index (κ3) is 2.11. The lowest BCUT2D eigenvalue weighted by molar-refractivity contribution is 0.767. The predicted octanol–water partition coefficient (Wildman–Crippen LogP) is 7.08. The van der Waals surface area contributed by atoms with E-state index in [0.29, 0.717) is 0 Å². The molecule has 1 aliphatic carbocycles. The number of hydrogen-bond acceptors (Lipinski definition) is 1. The van der Waals surface area contributed by atoms with Gasteiger partial charge >= 0.3 is 0 Å². The van der Waals surface area contributed by atoms with Gasteiger partial charge in [-0.1, -0.05) is 84.9 Å². The molecule has 1 aliphatic rings. The van der Waals surface area contributed by atoms with Crippen molar-refractivity contribution in [3.8, 4) is 11.1 Å². The molecule has 0 aliphatic heterocycles. The minimum Gasteiger partial charge on any atom is -0.354 e. The molecule has 0 radical (unpaired) electrons. The average molecular weight is 409 g/mol. The summed E-state index contributed by atoms with van der Waals surface area (Å²) >= 11 is 0. The van der Waals surface area contributed by atoms with Crippen LogP contribution in [0.4, 0.5) is 0 Å². The maximum Gasteiger partial charge on any atom is 0.0715 e. The quantitative estimate of drug-likeness (QED) is 0.325. The van der Waals surface area contributed by atoms with Gasteiger partial charge in [-0.05, 0) is 46.0 Å². The Bertz CT molecular complexity index is 1570. The van der Waals surface area contributed by atoms with Crippen LogP contribution in [0.2, 0.25) is 0 Å². The van der Waals surface area contributed by atoms with Crippen LogP contribution in [0.3, 0.4) is 0 Å². The van der Waals surface area contributed by atoms with Crippen LogP contribution in [0.25, 0.3) is 32.9 Å². The van der Waals surface area contributed by atoms with Crippen molar-refractivity contribution in [1.82, 2.24) is 9.97 Å². The van der Waals surface area contributed by atoms with E-state index in [4.69, 9.17) is 0 Å². The average Bonchev–Trinajstić information content (AvgIpc) is 3.39. The third-order valence-corrected chi connectivity index (χ3v) is 7.01. The lowest BCUT2D eigenvalue weighted by Gasteiger charge is -2.33. The molecular formula is C30H20N2. The van der Waals surface area contributed by atoms with Crippen LogP contribution in [0.1, 0.15) is 22.3 Å². The van der Waals surface area contributed by atoms with Gasteiger partial charge in [0.25, 0.3) is 0 Å². The Morgan fingerprint density at radius 1 is 0.562 bits per heavy atom. The summed E-state index contributed by atoms with van der Waals surface area (Å²) < 4.78 is 0. The second-order valence-electron chi connectivity index (χ2n) is 8.48. The number of rotatable bonds is 2. The SMILES string of the molecule is c1ccc(C2(c3ccncc3)c3ccccc3-c3c2ccc2c3[nH]c3ccccc32)cc1. The number of pyridine rings is 1. The number of aromatic amines is 1. The summed E-state index contributed by atoms with van der Waals surface area (Å²) in [5, 5.41) is 2.54. The minimum absolute atomic E-state index is 0.387. The zero-order valence-corrected chi connectivity index (χ0v) is 17.4. The molecule has 0 spiro atoms. The van der Waals surface area contributed by atoms with Crippen LogP contribution in [-0.2, 0) is 5.41 Å². The predicted molar refractivity (Wildman–Crippen MR) is 131 cm³/mol. The Morgan fingerprint density at radius 3 is 2.16 bits per heavy atom. The second kappa shape index (κ2) is 6.41. The molecule has 2 heterocycles. The van der Waals surface area contributed by atoms with Crippen molar-refractivity contribution in [2.45, 2.75) is 5.41 Å². The summed E-state index contributed by atoms with van der Waals surface area (Å²) in [6.07, 6.45) is 3.81. The van der Waals surface area contributed by atoms with Crippen molar-refractivity contribution >= 4 is 21.8 Å². The summed E-state index contributed by atoms with van der Waals surface area (Å²) in [5.74, 6) is 0. The molecule has 7 rings (SSSR count). The van der Waals surface area contributed by atoms with E-state index in [2.05, 4.69) is 113 Å². The first-order valence-corrected chi connectivity index (χ1v) is 11.0. The zero-order chi connectivity index (χ0) is 21.1. The zero-order valence-electron chi connectivity index (χ0n) is 17.4. The molecule has 2 nitrogen and oxygen atoms in total.